The minimum absolute atomic E-state index is 0. The second-order valence-electron chi connectivity index (χ2n) is 7.28. The molecule has 0 amide bonds. The van der Waals surface area contributed by atoms with E-state index in [0.717, 1.165) is 31.0 Å². The van der Waals surface area contributed by atoms with E-state index < -0.39 is 6.61 Å². The van der Waals surface area contributed by atoms with E-state index in [4.69, 9.17) is 4.74 Å². The molecule has 1 aromatic heterocycles. The maximum atomic E-state index is 12.6. The van der Waals surface area contributed by atoms with Gasteiger partial charge in [0.2, 0.25) is 0 Å². The fraction of sp³-hybridized carbons (Fsp3) is 0.524. The Morgan fingerprint density at radius 2 is 2.16 bits per heavy atom. The number of halogens is 3. The van der Waals surface area contributed by atoms with Crippen LogP contribution in [0.2, 0.25) is 0 Å². The molecule has 1 N–H and O–H groups in total. The Balaban J connectivity index is 0.00000341. The second-order valence-corrected chi connectivity index (χ2v) is 7.28. The number of aliphatic imine (C=N–C) groups is 1. The summed E-state index contributed by atoms with van der Waals surface area (Å²) in [5.41, 5.74) is 0.887. The molecule has 2 atom stereocenters. The Kier molecular flexibility index (Phi) is 9.79. The number of benzene rings is 1. The van der Waals surface area contributed by atoms with Gasteiger partial charge in [0, 0.05) is 39.1 Å². The van der Waals surface area contributed by atoms with E-state index in [0.29, 0.717) is 30.9 Å². The third kappa shape index (κ3) is 6.68. The van der Waals surface area contributed by atoms with Crippen molar-refractivity contribution in [2.24, 2.45) is 10.9 Å². The smallest absolute Gasteiger partial charge is 0.387 e. The lowest BCUT2D eigenvalue weighted by atomic mass is 9.93. The van der Waals surface area contributed by atoms with E-state index in [9.17, 15) is 8.78 Å². The summed E-state index contributed by atoms with van der Waals surface area (Å²) in [6.45, 7) is 3.77. The normalized spacial score (nSPS) is 19.2. The van der Waals surface area contributed by atoms with E-state index in [2.05, 4.69) is 36.4 Å². The van der Waals surface area contributed by atoms with Gasteiger partial charge in [0.05, 0.1) is 19.0 Å². The van der Waals surface area contributed by atoms with Gasteiger partial charge in [-0.3, -0.25) is 4.99 Å². The molecule has 7 nitrogen and oxygen atoms in total. The highest BCUT2D eigenvalue weighted by Gasteiger charge is 2.28. The Morgan fingerprint density at radius 1 is 1.35 bits per heavy atom. The molecule has 31 heavy (non-hydrogen) atoms. The van der Waals surface area contributed by atoms with Crippen molar-refractivity contribution < 1.29 is 18.3 Å². The fourth-order valence-corrected chi connectivity index (χ4v) is 3.73. The predicted molar refractivity (Wildman–Crippen MR) is 126 cm³/mol. The minimum Gasteiger partial charge on any atom is -0.490 e. The molecule has 172 valence electrons. The highest BCUT2D eigenvalue weighted by atomic mass is 127. The van der Waals surface area contributed by atoms with Gasteiger partial charge in [-0.05, 0) is 37.0 Å². The van der Waals surface area contributed by atoms with Crippen LogP contribution in [-0.2, 0) is 6.54 Å². The third-order valence-electron chi connectivity index (χ3n) is 5.31. The molecule has 2 aromatic rings. The molecule has 0 aliphatic carbocycles. The van der Waals surface area contributed by atoms with Gasteiger partial charge in [0.1, 0.15) is 0 Å². The van der Waals surface area contributed by atoms with Crippen LogP contribution in [-0.4, -0.2) is 53.8 Å². The van der Waals surface area contributed by atoms with Crippen LogP contribution in [0.4, 0.5) is 8.78 Å². The SMILES string of the molecule is CCOc1cc(CNC(=NC)N2CCC(C)C(n3ccnc3)C2)ccc1OC(F)F.I. The number of aromatic nitrogens is 2. The number of hydrogen-bond donors (Lipinski definition) is 1. The number of hydrogen-bond acceptors (Lipinski definition) is 4. The summed E-state index contributed by atoms with van der Waals surface area (Å²) in [6.07, 6.45) is 6.71. The number of guanidine groups is 1. The van der Waals surface area contributed by atoms with Crippen molar-refractivity contribution in [3.8, 4) is 11.5 Å². The van der Waals surface area contributed by atoms with Crippen LogP contribution >= 0.6 is 24.0 Å². The lowest BCUT2D eigenvalue weighted by Crippen LogP contribution is -2.48. The van der Waals surface area contributed by atoms with Gasteiger partial charge in [-0.15, -0.1) is 24.0 Å². The maximum Gasteiger partial charge on any atom is 0.387 e. The summed E-state index contributed by atoms with van der Waals surface area (Å²) in [6, 6.07) is 5.30. The minimum atomic E-state index is -2.89. The maximum absolute atomic E-state index is 12.6. The number of nitrogens with one attached hydrogen (secondary N) is 1. The zero-order valence-corrected chi connectivity index (χ0v) is 20.3. The number of nitrogens with zero attached hydrogens (tertiary/aromatic N) is 4. The van der Waals surface area contributed by atoms with E-state index in [1.807, 2.05) is 12.5 Å². The Bertz CT molecular complexity index is 835. The Hall–Kier alpha value is -2.11. The first-order chi connectivity index (χ1) is 14.5. The summed E-state index contributed by atoms with van der Waals surface area (Å²) in [4.78, 5) is 10.8. The van der Waals surface area contributed by atoms with Crippen molar-refractivity contribution in [1.82, 2.24) is 19.8 Å². The molecule has 2 unspecified atom stereocenters. The molecule has 10 heteroatoms. The number of rotatable bonds is 7. The number of ether oxygens (including phenoxy) is 2. The zero-order valence-electron chi connectivity index (χ0n) is 18.0. The zero-order chi connectivity index (χ0) is 21.5. The van der Waals surface area contributed by atoms with Crippen molar-refractivity contribution in [3.05, 3.63) is 42.5 Å². The standard InChI is InChI=1S/C21H29F2N5O2.HI/c1-4-29-19-11-16(5-6-18(19)30-20(22)23)12-26-21(24-3)27-9-7-15(2)17(13-27)28-10-8-25-14-28;/h5-6,8,10-11,14-15,17,20H,4,7,9,12-13H2,1-3H3,(H,24,26);1H. The van der Waals surface area contributed by atoms with Crippen molar-refractivity contribution in [3.63, 3.8) is 0 Å². The van der Waals surface area contributed by atoms with Gasteiger partial charge in [-0.2, -0.15) is 8.78 Å². The van der Waals surface area contributed by atoms with Crippen LogP contribution in [0, 0.1) is 5.92 Å². The molecule has 1 aliphatic heterocycles. The summed E-state index contributed by atoms with van der Waals surface area (Å²) >= 11 is 0. The first-order valence-electron chi connectivity index (χ1n) is 10.1. The van der Waals surface area contributed by atoms with E-state index in [-0.39, 0.29) is 29.7 Å². The molecular formula is C21H30F2IN5O2. The quantitative estimate of drug-likeness (QED) is 0.320. The first kappa shape index (κ1) is 25.2. The molecule has 1 saturated heterocycles. The second kappa shape index (κ2) is 12.1. The topological polar surface area (TPSA) is 63.9 Å². The molecule has 3 rings (SSSR count). The van der Waals surface area contributed by atoms with Gasteiger partial charge >= 0.3 is 6.61 Å². The van der Waals surface area contributed by atoms with Crippen molar-refractivity contribution in [2.45, 2.75) is 39.5 Å². The summed E-state index contributed by atoms with van der Waals surface area (Å²) in [5, 5.41) is 3.37. The first-order valence-corrected chi connectivity index (χ1v) is 10.1. The third-order valence-corrected chi connectivity index (χ3v) is 5.31. The van der Waals surface area contributed by atoms with Crippen molar-refractivity contribution in [1.29, 1.82) is 0 Å². The number of piperidine rings is 1. The van der Waals surface area contributed by atoms with E-state index in [1.54, 1.807) is 32.3 Å². The van der Waals surface area contributed by atoms with Crippen molar-refractivity contribution in [2.75, 3.05) is 26.7 Å². The molecule has 1 fully saturated rings. The van der Waals surface area contributed by atoms with Crippen LogP contribution in [0.1, 0.15) is 31.9 Å². The summed E-state index contributed by atoms with van der Waals surface area (Å²) in [5.74, 6) is 1.69. The fourth-order valence-electron chi connectivity index (χ4n) is 3.73. The highest BCUT2D eigenvalue weighted by Crippen LogP contribution is 2.30. The van der Waals surface area contributed by atoms with E-state index in [1.165, 1.54) is 6.07 Å². The van der Waals surface area contributed by atoms with Crippen LogP contribution in [0.5, 0.6) is 11.5 Å². The van der Waals surface area contributed by atoms with Crippen LogP contribution in [0.15, 0.2) is 41.9 Å². The molecule has 0 radical (unpaired) electrons. The van der Waals surface area contributed by atoms with Gasteiger partial charge in [-0.25, -0.2) is 4.98 Å². The molecule has 0 spiro atoms. The monoisotopic (exact) mass is 549 g/mol. The predicted octanol–water partition coefficient (Wildman–Crippen LogP) is 4.16. The van der Waals surface area contributed by atoms with Gasteiger partial charge < -0.3 is 24.3 Å². The largest absolute Gasteiger partial charge is 0.490 e. The highest BCUT2D eigenvalue weighted by molar-refractivity contribution is 14.0. The Morgan fingerprint density at radius 3 is 2.81 bits per heavy atom. The number of alkyl halides is 2. The molecule has 1 aliphatic rings. The van der Waals surface area contributed by atoms with Gasteiger partial charge in [-0.1, -0.05) is 13.0 Å². The molecule has 2 heterocycles. The van der Waals surface area contributed by atoms with Crippen molar-refractivity contribution >= 4 is 29.9 Å². The Labute approximate surface area is 198 Å². The van der Waals surface area contributed by atoms with Gasteiger partial charge in [0.25, 0.3) is 0 Å². The lowest BCUT2D eigenvalue weighted by molar-refractivity contribution is -0.0514. The van der Waals surface area contributed by atoms with E-state index >= 15 is 0 Å². The lowest BCUT2D eigenvalue weighted by Gasteiger charge is -2.39. The van der Waals surface area contributed by atoms with Crippen LogP contribution in [0.3, 0.4) is 0 Å². The van der Waals surface area contributed by atoms with Crippen LogP contribution < -0.4 is 14.8 Å². The summed E-state index contributed by atoms with van der Waals surface area (Å²) < 4.78 is 37.3. The number of likely N-dealkylation sites (tertiary alicyclic amines) is 1. The van der Waals surface area contributed by atoms with Gasteiger partial charge in [0.15, 0.2) is 17.5 Å². The average Bonchev–Trinajstić information content (AvgIpc) is 3.25. The van der Waals surface area contributed by atoms with Crippen LogP contribution in [0.25, 0.3) is 0 Å². The molecule has 0 bridgehead atoms. The molecule has 1 aromatic carbocycles. The molecular weight excluding hydrogens is 519 g/mol. The average molecular weight is 549 g/mol. The molecule has 0 saturated carbocycles. The summed E-state index contributed by atoms with van der Waals surface area (Å²) in [7, 11) is 1.76. The number of imidazole rings is 1.